The van der Waals surface area contributed by atoms with Crippen LogP contribution in [0.15, 0.2) is 86.6 Å². The number of allylic oxidation sites excluding steroid dienone is 1. The van der Waals surface area contributed by atoms with Crippen LogP contribution in [-0.2, 0) is 19.6 Å². The summed E-state index contributed by atoms with van der Waals surface area (Å²) in [6.07, 6.45) is 2.54. The molecule has 36 heavy (non-hydrogen) atoms. The van der Waals surface area contributed by atoms with Gasteiger partial charge in [-0.3, -0.25) is 9.10 Å². The highest BCUT2D eigenvalue weighted by Crippen LogP contribution is 2.58. The predicted octanol–water partition coefficient (Wildman–Crippen LogP) is 6.85. The zero-order valence-corrected chi connectivity index (χ0v) is 23.9. The number of benzene rings is 3. The Labute approximate surface area is 228 Å². The number of nitrogens with zero attached hydrogens (tertiary/aromatic N) is 1. The van der Waals surface area contributed by atoms with Crippen LogP contribution in [0.5, 0.6) is 0 Å². The van der Waals surface area contributed by atoms with E-state index in [-0.39, 0.29) is 24.0 Å². The van der Waals surface area contributed by atoms with Crippen LogP contribution in [0.25, 0.3) is 5.57 Å². The Morgan fingerprint density at radius 1 is 1.03 bits per heavy atom. The predicted molar refractivity (Wildman–Crippen MR) is 148 cm³/mol. The van der Waals surface area contributed by atoms with Gasteiger partial charge in [-0.15, -0.1) is 0 Å². The van der Waals surface area contributed by atoms with Gasteiger partial charge in [-0.25, -0.2) is 8.42 Å². The summed E-state index contributed by atoms with van der Waals surface area (Å²) in [4.78, 5) is 13.9. The van der Waals surface area contributed by atoms with Gasteiger partial charge in [0.05, 0.1) is 23.7 Å². The van der Waals surface area contributed by atoms with Gasteiger partial charge in [-0.2, -0.15) is 0 Å². The van der Waals surface area contributed by atoms with Crippen LogP contribution in [-0.4, -0.2) is 27.5 Å². The number of carbonyl (C=O) groups is 1. The van der Waals surface area contributed by atoms with E-state index >= 15 is 0 Å². The van der Waals surface area contributed by atoms with Crippen molar-refractivity contribution in [3.8, 4) is 0 Å². The molecule has 1 aliphatic heterocycles. The van der Waals surface area contributed by atoms with E-state index in [0.717, 1.165) is 31.2 Å². The summed E-state index contributed by atoms with van der Waals surface area (Å²) in [5.74, 6) is -0.663. The molecule has 0 saturated heterocycles. The fourth-order valence-corrected chi connectivity index (χ4v) is 7.40. The first kappa shape index (κ1) is 25.2. The van der Waals surface area contributed by atoms with E-state index in [1.165, 1.54) is 4.31 Å². The second-order valence-electron chi connectivity index (χ2n) is 9.22. The van der Waals surface area contributed by atoms with Gasteiger partial charge < -0.3 is 4.74 Å². The summed E-state index contributed by atoms with van der Waals surface area (Å²) in [5, 5.41) is 0. The molecule has 8 heteroatoms. The van der Waals surface area contributed by atoms with Crippen LogP contribution in [0.3, 0.4) is 0 Å². The highest BCUT2D eigenvalue weighted by Gasteiger charge is 2.56. The highest BCUT2D eigenvalue weighted by atomic mass is 79.9. The Morgan fingerprint density at radius 2 is 1.69 bits per heavy atom. The van der Waals surface area contributed by atoms with Crippen molar-refractivity contribution in [1.82, 2.24) is 0 Å². The molecule has 3 aromatic carbocycles. The lowest BCUT2D eigenvalue weighted by molar-refractivity contribution is -0.152. The van der Waals surface area contributed by atoms with Gasteiger partial charge in [0.1, 0.15) is 5.41 Å². The van der Waals surface area contributed by atoms with Crippen molar-refractivity contribution in [1.29, 1.82) is 0 Å². The van der Waals surface area contributed by atoms with Crippen molar-refractivity contribution in [2.75, 3.05) is 17.5 Å². The van der Waals surface area contributed by atoms with E-state index in [1.54, 1.807) is 31.2 Å². The first-order valence-corrected chi connectivity index (χ1v) is 14.7. The maximum Gasteiger partial charge on any atom is 0.318 e. The van der Waals surface area contributed by atoms with Gasteiger partial charge in [0, 0.05) is 14.9 Å². The number of hydrogen-bond donors (Lipinski definition) is 0. The molecule has 186 valence electrons. The second-order valence-corrected chi connectivity index (χ2v) is 12.9. The van der Waals surface area contributed by atoms with Gasteiger partial charge in [-0.05, 0) is 79.4 Å². The van der Waals surface area contributed by atoms with Gasteiger partial charge >= 0.3 is 5.97 Å². The van der Waals surface area contributed by atoms with Crippen molar-refractivity contribution < 1.29 is 17.9 Å². The Bertz CT molecular complexity index is 1470. The van der Waals surface area contributed by atoms with Crippen LogP contribution in [0.1, 0.15) is 36.0 Å². The molecule has 0 bridgehead atoms. The van der Waals surface area contributed by atoms with Gasteiger partial charge in [-0.1, -0.05) is 67.8 Å². The van der Waals surface area contributed by atoms with Crippen LogP contribution in [0, 0.1) is 12.3 Å². The van der Waals surface area contributed by atoms with Gasteiger partial charge in [0.15, 0.2) is 0 Å². The van der Waals surface area contributed by atoms with E-state index in [4.69, 9.17) is 4.74 Å². The lowest BCUT2D eigenvalue weighted by atomic mass is 9.71. The third kappa shape index (κ3) is 4.23. The summed E-state index contributed by atoms with van der Waals surface area (Å²) in [6.45, 7) is 3.87. The number of halogens is 2. The Hall–Kier alpha value is -2.42. The van der Waals surface area contributed by atoms with E-state index in [9.17, 15) is 13.2 Å². The second kappa shape index (κ2) is 9.47. The van der Waals surface area contributed by atoms with Crippen LogP contribution >= 0.6 is 31.9 Å². The number of anilines is 1. The molecule has 0 fully saturated rings. The fourth-order valence-electron chi connectivity index (χ4n) is 5.22. The maximum atomic E-state index is 14.0. The molecule has 0 N–H and O–H groups in total. The summed E-state index contributed by atoms with van der Waals surface area (Å²) in [5.41, 5.74) is 3.22. The first-order chi connectivity index (χ1) is 17.2. The van der Waals surface area contributed by atoms with E-state index in [0.29, 0.717) is 12.1 Å². The molecule has 1 heterocycles. The molecule has 0 amide bonds. The summed E-state index contributed by atoms with van der Waals surface area (Å²) >= 11 is 7.04. The SMILES string of the molecule is CCOC(=O)[C@@]12C=C(c3ccc(Br)cc3)C[C@H]1c1cc(Br)ccc1N(S(=O)(=O)c1ccc(C)cc1)C2. The molecule has 2 atom stereocenters. The minimum atomic E-state index is -3.94. The van der Waals surface area contributed by atoms with Crippen molar-refractivity contribution in [2.45, 2.75) is 31.1 Å². The molecule has 0 unspecified atom stereocenters. The first-order valence-electron chi connectivity index (χ1n) is 11.7. The normalized spacial score (nSPS) is 20.9. The summed E-state index contributed by atoms with van der Waals surface area (Å²) < 4.78 is 36.7. The van der Waals surface area contributed by atoms with E-state index < -0.39 is 21.4 Å². The minimum absolute atomic E-state index is 0.0264. The Balaban J connectivity index is 1.71. The molecule has 5 rings (SSSR count). The smallest absolute Gasteiger partial charge is 0.318 e. The number of ether oxygens (including phenoxy) is 1. The highest BCUT2D eigenvalue weighted by molar-refractivity contribution is 9.10. The summed E-state index contributed by atoms with van der Waals surface area (Å²) in [7, 11) is -3.94. The average Bonchev–Trinajstić information content (AvgIpc) is 3.26. The number of hydrogen-bond acceptors (Lipinski definition) is 4. The Morgan fingerprint density at radius 3 is 2.36 bits per heavy atom. The molecule has 0 radical (unpaired) electrons. The zero-order valence-electron chi connectivity index (χ0n) is 19.9. The lowest BCUT2D eigenvalue weighted by Gasteiger charge is -2.43. The number of sulfonamides is 1. The third-order valence-electron chi connectivity index (χ3n) is 7.00. The van der Waals surface area contributed by atoms with Crippen molar-refractivity contribution in [3.05, 3.63) is 98.4 Å². The zero-order chi connectivity index (χ0) is 25.7. The monoisotopic (exact) mass is 629 g/mol. The minimum Gasteiger partial charge on any atom is -0.465 e. The van der Waals surface area contributed by atoms with E-state index in [1.807, 2.05) is 55.5 Å². The molecule has 5 nitrogen and oxygen atoms in total. The van der Waals surface area contributed by atoms with Crippen molar-refractivity contribution in [3.63, 3.8) is 0 Å². The maximum absolute atomic E-state index is 14.0. The number of fused-ring (bicyclic) bond motifs is 3. The number of carbonyl (C=O) groups excluding carboxylic acids is 1. The quantitative estimate of drug-likeness (QED) is 0.289. The van der Waals surface area contributed by atoms with Crippen LogP contribution < -0.4 is 4.31 Å². The van der Waals surface area contributed by atoms with E-state index in [2.05, 4.69) is 31.9 Å². The number of aryl methyl sites for hydroxylation is 1. The molecule has 2 aliphatic rings. The van der Waals surface area contributed by atoms with Gasteiger partial charge in [0.2, 0.25) is 0 Å². The molecular formula is C28H25Br2NO4S. The molecule has 0 spiro atoms. The molecule has 1 aliphatic carbocycles. The number of rotatable bonds is 5. The topological polar surface area (TPSA) is 63.7 Å². The van der Waals surface area contributed by atoms with Gasteiger partial charge in [0.25, 0.3) is 10.0 Å². The van der Waals surface area contributed by atoms with Crippen LogP contribution in [0.2, 0.25) is 0 Å². The molecule has 3 aromatic rings. The number of esters is 1. The van der Waals surface area contributed by atoms with Crippen LogP contribution in [0.4, 0.5) is 5.69 Å². The molecular weight excluding hydrogens is 606 g/mol. The largest absolute Gasteiger partial charge is 0.465 e. The fraction of sp³-hybridized carbons (Fsp3) is 0.250. The Kier molecular flexibility index (Phi) is 6.64. The molecule has 0 saturated carbocycles. The lowest BCUT2D eigenvalue weighted by Crippen LogP contribution is -2.51. The third-order valence-corrected chi connectivity index (χ3v) is 9.79. The standard InChI is InChI=1S/C28H25Br2NO4S/c1-3-35-27(32)28-16-20(19-6-8-21(29)9-7-19)14-25(28)24-15-22(30)10-13-26(24)31(17-28)36(33,34)23-11-4-18(2)5-12-23/h4-13,15-16,25H,3,14,17H2,1-2H3/t25-,28+/m0/s1. The summed E-state index contributed by atoms with van der Waals surface area (Å²) in [6, 6.07) is 20.3. The molecule has 0 aromatic heterocycles. The average molecular weight is 631 g/mol. The van der Waals surface area contributed by atoms with Crippen molar-refractivity contribution in [2.24, 2.45) is 5.41 Å². The van der Waals surface area contributed by atoms with Crippen molar-refractivity contribution >= 4 is 59.1 Å².